The van der Waals surface area contributed by atoms with Gasteiger partial charge in [-0.15, -0.1) is 5.10 Å². The van der Waals surface area contributed by atoms with E-state index in [1.807, 2.05) is 39.0 Å². The first-order valence-electron chi connectivity index (χ1n) is 6.07. The van der Waals surface area contributed by atoms with E-state index in [1.54, 1.807) is 0 Å². The summed E-state index contributed by atoms with van der Waals surface area (Å²) in [5.41, 5.74) is 10.1. The van der Waals surface area contributed by atoms with Crippen LogP contribution in [-0.4, -0.2) is 15.2 Å². The Hall–Kier alpha value is -1.72. The molecule has 0 fully saturated rings. The number of nitrogens with one attached hydrogen (secondary N) is 1. The van der Waals surface area contributed by atoms with Gasteiger partial charge in [-0.2, -0.15) is 5.10 Å². The molecule has 1 aromatic heterocycles. The predicted octanol–water partition coefficient (Wildman–Crippen LogP) is 3.43. The van der Waals surface area contributed by atoms with Crippen LogP contribution in [0.1, 0.15) is 22.4 Å². The minimum absolute atomic E-state index is 0.293. The number of benzene rings is 1. The highest BCUT2D eigenvalue weighted by atomic mass is 35.5. The Kier molecular flexibility index (Phi) is 4.20. The molecule has 104 valence electrons. The van der Waals surface area contributed by atoms with Gasteiger partial charge in [0.25, 0.3) is 0 Å². The number of halogens is 1. The number of nitrogens with two attached hydrogens (primary N) is 1. The van der Waals surface area contributed by atoms with E-state index in [4.69, 9.17) is 29.6 Å². The maximum atomic E-state index is 6.11. The Morgan fingerprint density at radius 3 is 2.55 bits per heavy atom. The second kappa shape index (κ2) is 5.73. The van der Waals surface area contributed by atoms with E-state index in [0.29, 0.717) is 21.4 Å². The van der Waals surface area contributed by atoms with Crippen LogP contribution in [0.2, 0.25) is 5.02 Å². The zero-order chi connectivity index (χ0) is 14.9. The molecule has 2 aromatic rings. The maximum Gasteiger partial charge on any atom is 0.163 e. The van der Waals surface area contributed by atoms with E-state index in [0.717, 1.165) is 22.5 Å². The van der Waals surface area contributed by atoms with Gasteiger partial charge in [0, 0.05) is 10.7 Å². The van der Waals surface area contributed by atoms with Gasteiger partial charge in [-0.3, -0.25) is 0 Å². The predicted molar refractivity (Wildman–Crippen MR) is 86.9 cm³/mol. The third kappa shape index (κ3) is 2.89. The Morgan fingerprint density at radius 2 is 1.95 bits per heavy atom. The number of nitrogens with zero attached hydrogens (tertiary/aromatic N) is 2. The molecule has 0 aliphatic rings. The molecule has 0 saturated heterocycles. The van der Waals surface area contributed by atoms with Crippen LogP contribution in [0.25, 0.3) is 0 Å². The fraction of sp³-hybridized carbons (Fsp3) is 0.214. The first kappa shape index (κ1) is 14.7. The number of anilines is 2. The second-order valence-corrected chi connectivity index (χ2v) is 5.43. The van der Waals surface area contributed by atoms with E-state index < -0.39 is 0 Å². The van der Waals surface area contributed by atoms with Crippen LogP contribution < -0.4 is 11.1 Å². The average Bonchev–Trinajstić information content (AvgIpc) is 2.38. The molecule has 1 heterocycles. The summed E-state index contributed by atoms with van der Waals surface area (Å²) in [4.78, 5) is 0.293. The standard InChI is InChI=1S/C14H15ClN4S/c1-7-4-5-10(6-11(7)15)17-14-12(13(16)20)8(2)9(3)18-19-14/h4-6H,1-3H3,(H2,16,20)(H,17,19). The van der Waals surface area contributed by atoms with Crippen LogP contribution in [0.4, 0.5) is 11.5 Å². The molecular weight excluding hydrogens is 292 g/mol. The number of aromatic nitrogens is 2. The fourth-order valence-corrected chi connectivity index (χ4v) is 2.24. The zero-order valence-electron chi connectivity index (χ0n) is 11.5. The van der Waals surface area contributed by atoms with Crippen molar-refractivity contribution < 1.29 is 0 Å². The Labute approximate surface area is 128 Å². The quantitative estimate of drug-likeness (QED) is 0.851. The highest BCUT2D eigenvalue weighted by Gasteiger charge is 2.14. The van der Waals surface area contributed by atoms with Crippen LogP contribution in [0.5, 0.6) is 0 Å². The molecule has 0 atom stereocenters. The fourth-order valence-electron chi connectivity index (χ4n) is 1.80. The summed E-state index contributed by atoms with van der Waals surface area (Å²) < 4.78 is 0. The van der Waals surface area contributed by atoms with Gasteiger partial charge in [0.15, 0.2) is 5.82 Å². The Morgan fingerprint density at radius 1 is 1.25 bits per heavy atom. The average molecular weight is 307 g/mol. The van der Waals surface area contributed by atoms with Gasteiger partial charge in [0.2, 0.25) is 0 Å². The molecule has 1 aromatic carbocycles. The zero-order valence-corrected chi connectivity index (χ0v) is 13.1. The molecule has 0 radical (unpaired) electrons. The molecule has 0 aliphatic carbocycles. The summed E-state index contributed by atoms with van der Waals surface area (Å²) in [6.45, 7) is 5.74. The highest BCUT2D eigenvalue weighted by molar-refractivity contribution is 7.80. The van der Waals surface area contributed by atoms with Crippen LogP contribution in [0.3, 0.4) is 0 Å². The van der Waals surface area contributed by atoms with Crippen molar-refractivity contribution in [1.29, 1.82) is 0 Å². The molecular formula is C14H15ClN4S. The molecule has 0 aliphatic heterocycles. The van der Waals surface area contributed by atoms with E-state index in [2.05, 4.69) is 15.5 Å². The van der Waals surface area contributed by atoms with E-state index in [-0.39, 0.29) is 0 Å². The minimum atomic E-state index is 0.293. The Balaban J connectivity index is 2.45. The van der Waals surface area contributed by atoms with Crippen LogP contribution in [0, 0.1) is 20.8 Å². The molecule has 0 unspecified atom stereocenters. The number of thiocarbonyl (C=S) groups is 1. The summed E-state index contributed by atoms with van der Waals surface area (Å²) in [6, 6.07) is 5.68. The van der Waals surface area contributed by atoms with Crippen molar-refractivity contribution in [2.24, 2.45) is 5.73 Å². The molecule has 6 heteroatoms. The lowest BCUT2D eigenvalue weighted by Gasteiger charge is -2.13. The lowest BCUT2D eigenvalue weighted by molar-refractivity contribution is 0.963. The summed E-state index contributed by atoms with van der Waals surface area (Å²) in [5, 5.41) is 12.1. The van der Waals surface area contributed by atoms with Gasteiger partial charge in [0.1, 0.15) is 4.99 Å². The number of hydrogen-bond donors (Lipinski definition) is 2. The van der Waals surface area contributed by atoms with E-state index >= 15 is 0 Å². The van der Waals surface area contributed by atoms with Crippen LogP contribution in [-0.2, 0) is 0 Å². The smallest absolute Gasteiger partial charge is 0.163 e. The SMILES string of the molecule is Cc1ccc(Nc2nnc(C)c(C)c2C(N)=S)cc1Cl. The molecule has 2 rings (SSSR count). The van der Waals surface area contributed by atoms with E-state index in [9.17, 15) is 0 Å². The summed E-state index contributed by atoms with van der Waals surface area (Å²) in [6.07, 6.45) is 0. The third-order valence-electron chi connectivity index (χ3n) is 3.14. The van der Waals surface area contributed by atoms with Crippen molar-refractivity contribution in [2.75, 3.05) is 5.32 Å². The van der Waals surface area contributed by atoms with Gasteiger partial charge >= 0.3 is 0 Å². The van der Waals surface area contributed by atoms with E-state index in [1.165, 1.54) is 0 Å². The maximum absolute atomic E-state index is 6.11. The number of aryl methyl sites for hydroxylation is 2. The monoisotopic (exact) mass is 306 g/mol. The van der Waals surface area contributed by atoms with Crippen molar-refractivity contribution >= 4 is 40.3 Å². The van der Waals surface area contributed by atoms with Gasteiger partial charge in [-0.05, 0) is 44.0 Å². The highest BCUT2D eigenvalue weighted by Crippen LogP contribution is 2.25. The number of rotatable bonds is 3. The molecule has 20 heavy (non-hydrogen) atoms. The molecule has 3 N–H and O–H groups in total. The Bertz CT molecular complexity index is 685. The molecule has 0 bridgehead atoms. The topological polar surface area (TPSA) is 63.8 Å². The normalized spacial score (nSPS) is 10.4. The molecule has 0 spiro atoms. The first-order valence-corrected chi connectivity index (χ1v) is 6.85. The second-order valence-electron chi connectivity index (χ2n) is 4.59. The number of hydrogen-bond acceptors (Lipinski definition) is 4. The van der Waals surface area contributed by atoms with Gasteiger partial charge < -0.3 is 11.1 Å². The van der Waals surface area contributed by atoms with Crippen molar-refractivity contribution in [3.63, 3.8) is 0 Å². The van der Waals surface area contributed by atoms with Gasteiger partial charge in [0.05, 0.1) is 11.3 Å². The molecule has 0 amide bonds. The van der Waals surface area contributed by atoms with Gasteiger partial charge in [-0.25, -0.2) is 0 Å². The van der Waals surface area contributed by atoms with Crippen LogP contribution >= 0.6 is 23.8 Å². The van der Waals surface area contributed by atoms with Gasteiger partial charge in [-0.1, -0.05) is 29.9 Å². The van der Waals surface area contributed by atoms with Crippen molar-refractivity contribution in [1.82, 2.24) is 10.2 Å². The lowest BCUT2D eigenvalue weighted by Crippen LogP contribution is -2.16. The lowest BCUT2D eigenvalue weighted by atomic mass is 10.1. The summed E-state index contributed by atoms with van der Waals surface area (Å²) >= 11 is 11.2. The largest absolute Gasteiger partial charge is 0.389 e. The van der Waals surface area contributed by atoms with Crippen LogP contribution in [0.15, 0.2) is 18.2 Å². The minimum Gasteiger partial charge on any atom is -0.389 e. The van der Waals surface area contributed by atoms with Crippen molar-refractivity contribution in [3.8, 4) is 0 Å². The third-order valence-corrected chi connectivity index (χ3v) is 3.75. The van der Waals surface area contributed by atoms with Crippen molar-refractivity contribution in [3.05, 3.63) is 45.6 Å². The summed E-state index contributed by atoms with van der Waals surface area (Å²) in [5.74, 6) is 0.542. The summed E-state index contributed by atoms with van der Waals surface area (Å²) in [7, 11) is 0. The molecule has 0 saturated carbocycles. The van der Waals surface area contributed by atoms with Crippen molar-refractivity contribution in [2.45, 2.75) is 20.8 Å². The first-order chi connectivity index (χ1) is 9.40. The molecule has 4 nitrogen and oxygen atoms in total.